The highest BCUT2D eigenvalue weighted by molar-refractivity contribution is 7.10. The van der Waals surface area contributed by atoms with E-state index in [1.165, 1.54) is 4.88 Å². The minimum Gasteiger partial charge on any atom is -0.331 e. The molecule has 6 rings (SSSR count). The van der Waals surface area contributed by atoms with Crippen LogP contribution in [0.3, 0.4) is 0 Å². The van der Waals surface area contributed by atoms with Crippen LogP contribution in [0, 0.1) is 0 Å². The minimum atomic E-state index is -0.197. The van der Waals surface area contributed by atoms with Crippen LogP contribution in [0.1, 0.15) is 45.7 Å². The third-order valence-electron chi connectivity index (χ3n) is 6.69. The maximum atomic E-state index is 14.1. The number of nitrogens with zero attached hydrogens (tertiary/aromatic N) is 3. The zero-order chi connectivity index (χ0) is 24.6. The predicted molar refractivity (Wildman–Crippen MR) is 145 cm³/mol. The topological polar surface area (TPSA) is 79.0 Å². The van der Waals surface area contributed by atoms with Gasteiger partial charge in [-0.25, -0.2) is 9.97 Å². The van der Waals surface area contributed by atoms with Gasteiger partial charge < -0.3 is 9.88 Å². The molecular formula is C29H24N4O2S. The lowest BCUT2D eigenvalue weighted by Crippen LogP contribution is -2.33. The van der Waals surface area contributed by atoms with Gasteiger partial charge in [-0.05, 0) is 66.6 Å². The summed E-state index contributed by atoms with van der Waals surface area (Å²) in [7, 11) is 0. The van der Waals surface area contributed by atoms with Gasteiger partial charge in [0.2, 0.25) is 0 Å². The van der Waals surface area contributed by atoms with Crippen molar-refractivity contribution in [3.8, 4) is 0 Å². The number of aromatic amines is 1. The molecule has 2 aromatic carbocycles. The quantitative estimate of drug-likeness (QED) is 0.342. The van der Waals surface area contributed by atoms with Crippen molar-refractivity contribution in [2.45, 2.75) is 26.3 Å². The van der Waals surface area contributed by atoms with Crippen LogP contribution in [0.2, 0.25) is 0 Å². The van der Waals surface area contributed by atoms with E-state index in [-0.39, 0.29) is 18.0 Å². The molecule has 0 saturated heterocycles. The second kappa shape index (κ2) is 9.17. The maximum Gasteiger partial charge on any atom is 0.258 e. The van der Waals surface area contributed by atoms with Crippen molar-refractivity contribution >= 4 is 50.7 Å². The van der Waals surface area contributed by atoms with Crippen LogP contribution in [-0.4, -0.2) is 32.3 Å². The minimum absolute atomic E-state index is 0.0690. The number of aromatic nitrogens is 3. The number of hydrogen-bond donors (Lipinski definition) is 1. The van der Waals surface area contributed by atoms with Crippen LogP contribution < -0.4 is 5.56 Å². The largest absolute Gasteiger partial charge is 0.331 e. The Morgan fingerprint density at radius 1 is 1.00 bits per heavy atom. The first-order chi connectivity index (χ1) is 17.6. The molecule has 3 aromatic heterocycles. The highest BCUT2D eigenvalue weighted by Crippen LogP contribution is 2.38. The van der Waals surface area contributed by atoms with Gasteiger partial charge in [-0.1, -0.05) is 36.4 Å². The first kappa shape index (κ1) is 22.4. The van der Waals surface area contributed by atoms with Crippen LogP contribution in [0.5, 0.6) is 0 Å². The van der Waals surface area contributed by atoms with Crippen LogP contribution in [0.25, 0.3) is 33.5 Å². The van der Waals surface area contributed by atoms with Crippen molar-refractivity contribution in [2.24, 2.45) is 0 Å². The standard InChI is InChI=1S/C29H24N4O2S/c1-2-33(17-25-30-24-12-6-4-10-21(24)28(34)32-25)29(35)26-20-9-3-5-11-23(20)31-27-18(13-14-22(26)27)16-19-8-7-15-36-19/h3-12,15-16H,2,13-14,17H2,1H3,(H,30,32,34)/b18-16+. The van der Waals surface area contributed by atoms with Gasteiger partial charge in [0.1, 0.15) is 5.82 Å². The summed E-state index contributed by atoms with van der Waals surface area (Å²) in [6.45, 7) is 2.65. The Morgan fingerprint density at radius 3 is 2.50 bits per heavy atom. The highest BCUT2D eigenvalue weighted by atomic mass is 32.1. The summed E-state index contributed by atoms with van der Waals surface area (Å²) in [6.07, 6.45) is 3.81. The molecular weight excluding hydrogens is 468 g/mol. The second-order valence-electron chi connectivity index (χ2n) is 8.87. The van der Waals surface area contributed by atoms with E-state index in [9.17, 15) is 9.59 Å². The third-order valence-corrected chi connectivity index (χ3v) is 7.51. The molecule has 7 heteroatoms. The zero-order valence-corrected chi connectivity index (χ0v) is 20.6. The maximum absolute atomic E-state index is 14.1. The predicted octanol–water partition coefficient (Wildman–Crippen LogP) is 5.68. The fourth-order valence-electron chi connectivity index (χ4n) is 4.94. The molecule has 1 amide bonds. The average Bonchev–Trinajstić information content (AvgIpc) is 3.56. The summed E-state index contributed by atoms with van der Waals surface area (Å²) in [6, 6.07) is 19.2. The van der Waals surface area contributed by atoms with Gasteiger partial charge in [-0.2, -0.15) is 0 Å². The number of rotatable bonds is 5. The SMILES string of the molecule is CCN(Cc1nc2ccccc2c(=O)[nH]1)C(=O)c1c2c(nc3ccccc13)/C(=C/c1cccs1)CC2. The lowest BCUT2D eigenvalue weighted by Gasteiger charge is -2.23. The fourth-order valence-corrected chi connectivity index (χ4v) is 5.63. The van der Waals surface area contributed by atoms with Gasteiger partial charge in [0.15, 0.2) is 0 Å². The summed E-state index contributed by atoms with van der Waals surface area (Å²) in [5, 5.41) is 3.46. The first-order valence-corrected chi connectivity index (χ1v) is 12.9. The Bertz CT molecular complexity index is 1700. The van der Waals surface area contributed by atoms with E-state index < -0.39 is 0 Å². The van der Waals surface area contributed by atoms with E-state index in [4.69, 9.17) is 4.98 Å². The number of carbonyl (C=O) groups excluding carboxylic acids is 1. The molecule has 0 saturated carbocycles. The number of carbonyl (C=O) groups is 1. The lowest BCUT2D eigenvalue weighted by molar-refractivity contribution is 0.0749. The molecule has 178 valence electrons. The van der Waals surface area contributed by atoms with Crippen molar-refractivity contribution < 1.29 is 4.79 Å². The van der Waals surface area contributed by atoms with Gasteiger partial charge in [0.25, 0.3) is 11.5 Å². The lowest BCUT2D eigenvalue weighted by atomic mass is 9.99. The molecule has 0 bridgehead atoms. The summed E-state index contributed by atoms with van der Waals surface area (Å²) in [5.41, 5.74) is 5.02. The second-order valence-corrected chi connectivity index (χ2v) is 9.84. The number of amides is 1. The Kier molecular flexibility index (Phi) is 5.70. The zero-order valence-electron chi connectivity index (χ0n) is 19.8. The number of H-pyrrole nitrogens is 1. The normalized spacial score (nSPS) is 14.0. The molecule has 36 heavy (non-hydrogen) atoms. The molecule has 1 aliphatic rings. The Morgan fingerprint density at radius 2 is 1.75 bits per heavy atom. The van der Waals surface area contributed by atoms with Crippen molar-refractivity contribution in [2.75, 3.05) is 6.54 Å². The van der Waals surface area contributed by atoms with Gasteiger partial charge in [-0.15, -0.1) is 11.3 Å². The number of para-hydroxylation sites is 2. The van der Waals surface area contributed by atoms with Gasteiger partial charge in [0, 0.05) is 16.8 Å². The van der Waals surface area contributed by atoms with Gasteiger partial charge >= 0.3 is 0 Å². The van der Waals surface area contributed by atoms with E-state index >= 15 is 0 Å². The van der Waals surface area contributed by atoms with Crippen molar-refractivity contribution in [1.29, 1.82) is 0 Å². The van der Waals surface area contributed by atoms with Crippen molar-refractivity contribution in [3.05, 3.63) is 104 Å². The van der Waals surface area contributed by atoms with E-state index in [0.717, 1.165) is 40.6 Å². The number of allylic oxidation sites excluding steroid dienone is 1. The van der Waals surface area contributed by atoms with Crippen molar-refractivity contribution in [3.63, 3.8) is 0 Å². The number of nitrogens with one attached hydrogen (secondary N) is 1. The number of benzene rings is 2. The van der Waals surface area contributed by atoms with E-state index in [2.05, 4.69) is 27.5 Å². The monoisotopic (exact) mass is 492 g/mol. The molecule has 0 aliphatic heterocycles. The van der Waals surface area contributed by atoms with Crippen LogP contribution >= 0.6 is 11.3 Å². The smallest absolute Gasteiger partial charge is 0.258 e. The number of thiophene rings is 1. The Balaban J connectivity index is 1.44. The Hall–Kier alpha value is -4.10. The summed E-state index contributed by atoms with van der Waals surface area (Å²) >= 11 is 1.69. The number of pyridine rings is 1. The highest BCUT2D eigenvalue weighted by Gasteiger charge is 2.29. The molecule has 5 aromatic rings. The molecule has 0 atom stereocenters. The average molecular weight is 493 g/mol. The molecule has 0 fully saturated rings. The Labute approximate surface area is 212 Å². The molecule has 3 heterocycles. The fraction of sp³-hybridized carbons (Fsp3) is 0.172. The van der Waals surface area contributed by atoms with Crippen LogP contribution in [0.4, 0.5) is 0 Å². The van der Waals surface area contributed by atoms with Gasteiger partial charge in [-0.3, -0.25) is 9.59 Å². The summed E-state index contributed by atoms with van der Waals surface area (Å²) in [5.74, 6) is 0.405. The molecule has 0 spiro atoms. The number of hydrogen-bond acceptors (Lipinski definition) is 5. The molecule has 0 unspecified atom stereocenters. The molecule has 1 aliphatic carbocycles. The third kappa shape index (κ3) is 3.91. The molecule has 0 radical (unpaired) electrons. The van der Waals surface area contributed by atoms with E-state index in [1.807, 2.05) is 55.5 Å². The molecule has 1 N–H and O–H groups in total. The van der Waals surface area contributed by atoms with Gasteiger partial charge in [0.05, 0.1) is 34.2 Å². The first-order valence-electron chi connectivity index (χ1n) is 12.1. The number of fused-ring (bicyclic) bond motifs is 3. The van der Waals surface area contributed by atoms with Crippen molar-refractivity contribution in [1.82, 2.24) is 19.9 Å². The summed E-state index contributed by atoms with van der Waals surface area (Å²) < 4.78 is 0. The van der Waals surface area contributed by atoms with Crippen LogP contribution in [0.15, 0.2) is 70.8 Å². The van der Waals surface area contributed by atoms with E-state index in [1.54, 1.807) is 22.3 Å². The molecule has 6 nitrogen and oxygen atoms in total. The summed E-state index contributed by atoms with van der Waals surface area (Å²) in [4.78, 5) is 42.1. The van der Waals surface area contributed by atoms with E-state index in [0.29, 0.717) is 28.8 Å². The van der Waals surface area contributed by atoms with Crippen LogP contribution in [-0.2, 0) is 13.0 Å².